The summed E-state index contributed by atoms with van der Waals surface area (Å²) in [5.74, 6) is -0.218. The minimum Gasteiger partial charge on any atom is -0.495 e. The average molecular weight is 649 g/mol. The number of benzene rings is 3. The number of carbonyl (C=O) groups excluding carboxylic acids is 2. The number of ether oxygens (including phenoxy) is 1. The molecule has 3 aromatic carbocycles. The molecule has 43 heavy (non-hydrogen) atoms. The van der Waals surface area contributed by atoms with E-state index in [1.165, 1.54) is 16.3 Å². The number of halogens is 2. The van der Waals surface area contributed by atoms with E-state index in [1.54, 1.807) is 42.5 Å². The molecule has 2 amide bonds. The van der Waals surface area contributed by atoms with E-state index in [0.29, 0.717) is 27.0 Å². The third-order valence-electron chi connectivity index (χ3n) is 7.17. The SMILES string of the molecule is CCC(C)NC(=O)C(Cc1ccccc1)N(Cc1c(Cl)cccc1Cl)C(=O)CCCN(c1ccccc1OC)S(C)(=O)=O. The van der Waals surface area contributed by atoms with Crippen LogP contribution in [0.4, 0.5) is 5.69 Å². The molecule has 0 aromatic heterocycles. The molecule has 0 bridgehead atoms. The van der Waals surface area contributed by atoms with E-state index in [1.807, 2.05) is 44.2 Å². The van der Waals surface area contributed by atoms with Crippen LogP contribution in [0.15, 0.2) is 72.8 Å². The summed E-state index contributed by atoms with van der Waals surface area (Å²) >= 11 is 13.0. The molecule has 0 radical (unpaired) electrons. The fourth-order valence-corrected chi connectivity index (χ4v) is 6.15. The molecule has 3 rings (SSSR count). The van der Waals surface area contributed by atoms with Crippen molar-refractivity contribution in [1.82, 2.24) is 10.2 Å². The van der Waals surface area contributed by atoms with Crippen molar-refractivity contribution < 1.29 is 22.7 Å². The Hall–Kier alpha value is -3.27. The molecule has 0 heterocycles. The predicted molar refractivity (Wildman–Crippen MR) is 173 cm³/mol. The molecule has 0 fully saturated rings. The number of hydrogen-bond donors (Lipinski definition) is 1. The van der Waals surface area contributed by atoms with Crippen molar-refractivity contribution in [3.63, 3.8) is 0 Å². The Morgan fingerprint density at radius 1 is 0.953 bits per heavy atom. The van der Waals surface area contributed by atoms with E-state index < -0.39 is 16.1 Å². The van der Waals surface area contributed by atoms with Crippen LogP contribution < -0.4 is 14.4 Å². The van der Waals surface area contributed by atoms with Gasteiger partial charge in [0.15, 0.2) is 0 Å². The first-order valence-electron chi connectivity index (χ1n) is 14.1. The van der Waals surface area contributed by atoms with Gasteiger partial charge < -0.3 is 15.0 Å². The van der Waals surface area contributed by atoms with Gasteiger partial charge in [-0.1, -0.05) is 78.7 Å². The number of hydrogen-bond acceptors (Lipinski definition) is 5. The van der Waals surface area contributed by atoms with Crippen molar-refractivity contribution in [3.8, 4) is 5.75 Å². The predicted octanol–water partition coefficient (Wildman–Crippen LogP) is 6.10. The summed E-state index contributed by atoms with van der Waals surface area (Å²) in [6.45, 7) is 3.92. The van der Waals surface area contributed by atoms with Gasteiger partial charge in [0.05, 0.1) is 19.1 Å². The molecule has 0 saturated carbocycles. The van der Waals surface area contributed by atoms with Crippen LogP contribution in [0.25, 0.3) is 0 Å². The van der Waals surface area contributed by atoms with Crippen LogP contribution in [0.3, 0.4) is 0 Å². The van der Waals surface area contributed by atoms with E-state index in [0.717, 1.165) is 18.2 Å². The van der Waals surface area contributed by atoms with Crippen molar-refractivity contribution in [2.24, 2.45) is 0 Å². The average Bonchev–Trinajstić information content (AvgIpc) is 2.98. The summed E-state index contributed by atoms with van der Waals surface area (Å²) in [5.41, 5.74) is 1.80. The van der Waals surface area contributed by atoms with Crippen LogP contribution in [0, 0.1) is 0 Å². The number of sulfonamides is 1. The fraction of sp³-hybridized carbons (Fsp3) is 0.375. The smallest absolute Gasteiger partial charge is 0.243 e. The van der Waals surface area contributed by atoms with Gasteiger partial charge in [-0.25, -0.2) is 8.42 Å². The first-order chi connectivity index (χ1) is 20.5. The zero-order valence-electron chi connectivity index (χ0n) is 24.9. The van der Waals surface area contributed by atoms with Gasteiger partial charge in [0, 0.05) is 47.6 Å². The van der Waals surface area contributed by atoms with E-state index in [2.05, 4.69) is 5.32 Å². The zero-order valence-corrected chi connectivity index (χ0v) is 27.3. The number of methoxy groups -OCH3 is 1. The van der Waals surface area contributed by atoms with Crippen LogP contribution in [-0.4, -0.2) is 57.1 Å². The quantitative estimate of drug-likeness (QED) is 0.215. The third kappa shape index (κ3) is 9.61. The van der Waals surface area contributed by atoms with Gasteiger partial charge in [-0.3, -0.25) is 13.9 Å². The molecule has 2 unspecified atom stereocenters. The maximum Gasteiger partial charge on any atom is 0.243 e. The standard InChI is InChI=1S/C32H39Cl2N3O5S/c1-5-23(2)35-32(39)29(21-24-13-7-6-8-14-24)36(22-25-26(33)15-11-16-27(25)34)31(38)19-12-20-37(43(4,40)41)28-17-9-10-18-30(28)42-3/h6-11,13-18,23,29H,5,12,19-22H2,1-4H3,(H,35,39). The lowest BCUT2D eigenvalue weighted by atomic mass is 10.0. The topological polar surface area (TPSA) is 96.0 Å². The van der Waals surface area contributed by atoms with Gasteiger partial charge >= 0.3 is 0 Å². The number of amides is 2. The number of nitrogens with zero attached hydrogens (tertiary/aromatic N) is 2. The lowest BCUT2D eigenvalue weighted by Crippen LogP contribution is -2.52. The van der Waals surface area contributed by atoms with Crippen molar-refractivity contribution in [2.75, 3.05) is 24.2 Å². The molecule has 8 nitrogen and oxygen atoms in total. The number of anilines is 1. The Morgan fingerprint density at radius 3 is 2.19 bits per heavy atom. The molecule has 0 aliphatic heterocycles. The van der Waals surface area contributed by atoms with Gasteiger partial charge in [0.2, 0.25) is 21.8 Å². The van der Waals surface area contributed by atoms with Gasteiger partial charge in [0.25, 0.3) is 0 Å². The number of rotatable bonds is 15. The Bertz CT molecular complexity index is 1470. The van der Waals surface area contributed by atoms with Gasteiger partial charge in [-0.2, -0.15) is 0 Å². The summed E-state index contributed by atoms with van der Waals surface area (Å²) in [4.78, 5) is 29.2. The van der Waals surface area contributed by atoms with Crippen LogP contribution in [0.5, 0.6) is 5.75 Å². The molecule has 3 aromatic rings. The normalized spacial score (nSPS) is 12.7. The second-order valence-electron chi connectivity index (χ2n) is 10.4. The van der Waals surface area contributed by atoms with Gasteiger partial charge in [-0.05, 0) is 49.6 Å². The van der Waals surface area contributed by atoms with Gasteiger partial charge in [-0.15, -0.1) is 0 Å². The highest BCUT2D eigenvalue weighted by Crippen LogP contribution is 2.31. The molecule has 232 valence electrons. The zero-order chi connectivity index (χ0) is 31.6. The van der Waals surface area contributed by atoms with E-state index in [4.69, 9.17) is 27.9 Å². The van der Waals surface area contributed by atoms with Crippen molar-refractivity contribution >= 4 is 50.7 Å². The number of para-hydroxylation sites is 2. The lowest BCUT2D eigenvalue weighted by Gasteiger charge is -2.33. The highest BCUT2D eigenvalue weighted by Gasteiger charge is 2.32. The minimum absolute atomic E-state index is 0.00502. The van der Waals surface area contributed by atoms with E-state index in [9.17, 15) is 18.0 Å². The maximum atomic E-state index is 14.0. The summed E-state index contributed by atoms with van der Waals surface area (Å²) in [6.07, 6.45) is 2.28. The summed E-state index contributed by atoms with van der Waals surface area (Å²) < 4.78 is 32.1. The molecule has 2 atom stereocenters. The largest absolute Gasteiger partial charge is 0.495 e. The molecule has 11 heteroatoms. The van der Waals surface area contributed by atoms with Crippen molar-refractivity contribution in [1.29, 1.82) is 0 Å². The monoisotopic (exact) mass is 647 g/mol. The molecular formula is C32H39Cl2N3O5S. The maximum absolute atomic E-state index is 14.0. The molecular weight excluding hydrogens is 609 g/mol. The molecule has 1 N–H and O–H groups in total. The minimum atomic E-state index is -3.69. The van der Waals surface area contributed by atoms with E-state index >= 15 is 0 Å². The number of nitrogens with one attached hydrogen (secondary N) is 1. The second-order valence-corrected chi connectivity index (χ2v) is 13.1. The summed E-state index contributed by atoms with van der Waals surface area (Å²) in [7, 11) is -2.22. The van der Waals surface area contributed by atoms with E-state index in [-0.39, 0.29) is 50.2 Å². The second kappa shape index (κ2) is 16.0. The first-order valence-corrected chi connectivity index (χ1v) is 16.7. The lowest BCUT2D eigenvalue weighted by molar-refractivity contribution is -0.141. The summed E-state index contributed by atoms with van der Waals surface area (Å²) in [6, 6.07) is 20.4. The van der Waals surface area contributed by atoms with Crippen LogP contribution >= 0.6 is 23.2 Å². The molecule has 0 aliphatic carbocycles. The Labute approximate surface area is 265 Å². The van der Waals surface area contributed by atoms with Crippen LogP contribution in [0.2, 0.25) is 10.0 Å². The Kier molecular flexibility index (Phi) is 12.7. The van der Waals surface area contributed by atoms with Crippen molar-refractivity contribution in [3.05, 3.63) is 94.0 Å². The first kappa shape index (κ1) is 34.2. The Morgan fingerprint density at radius 2 is 1.58 bits per heavy atom. The highest BCUT2D eigenvalue weighted by atomic mass is 35.5. The van der Waals surface area contributed by atoms with Crippen LogP contribution in [0.1, 0.15) is 44.2 Å². The molecule has 0 aliphatic rings. The highest BCUT2D eigenvalue weighted by molar-refractivity contribution is 7.92. The summed E-state index contributed by atoms with van der Waals surface area (Å²) in [5, 5.41) is 3.79. The van der Waals surface area contributed by atoms with Gasteiger partial charge in [0.1, 0.15) is 11.8 Å². The number of carbonyl (C=O) groups is 2. The van der Waals surface area contributed by atoms with Crippen LogP contribution in [-0.2, 0) is 32.6 Å². The third-order valence-corrected chi connectivity index (χ3v) is 9.06. The van der Waals surface area contributed by atoms with Crippen molar-refractivity contribution in [2.45, 2.75) is 58.2 Å². The molecule has 0 saturated heterocycles. The Balaban J connectivity index is 1.95. The molecule has 0 spiro atoms. The fourth-order valence-electron chi connectivity index (χ4n) is 4.67.